The minimum atomic E-state index is -1.50. The van der Waals surface area contributed by atoms with Gasteiger partial charge in [-0.05, 0) is 315 Å². The van der Waals surface area contributed by atoms with Crippen LogP contribution in [-0.2, 0) is 25.6 Å². The molecule has 0 heterocycles. The molecule has 24 nitrogen and oxygen atoms in total. The van der Waals surface area contributed by atoms with Crippen molar-refractivity contribution >= 4 is 80.1 Å². The van der Waals surface area contributed by atoms with Gasteiger partial charge in [0.15, 0.2) is 0 Å². The van der Waals surface area contributed by atoms with Gasteiger partial charge in [-0.3, -0.25) is 5.32 Å². The molecular formula is C98H99BBr2N5NaO19. The SMILES string of the molecule is COC(=O)c1ccc(O)c(Br)c1.COC(=O)c1ccc(OC2CCCC2)c(-c2cccc(C#N)c2)c1.COC(=O)c1ccc(OC2CCCC2)c(Br)c1.N#Cc1cccc(-c2cc(C(=O)O)ccc2OC2CCCC2)c1.N#Cc1cccc(-c2cc(NC(=O)OCc3ccccc3)ccc2OC2CCCC2)c1.N#Cc1cccc(B(O)O)c1.OC1CCCC1.[Na+].[OH-]. The zero-order valence-electron chi connectivity index (χ0n) is 70.6. The molecule has 1 amide bonds. The van der Waals surface area contributed by atoms with Crippen molar-refractivity contribution < 1.29 is 122 Å². The molecule has 5 saturated carbocycles. The van der Waals surface area contributed by atoms with Gasteiger partial charge in [-0.15, -0.1) is 0 Å². The fraction of sp³-hybridized carbons (Fsp3) is 0.296. The van der Waals surface area contributed by atoms with E-state index in [2.05, 4.69) is 64.9 Å². The zero-order chi connectivity index (χ0) is 88.7. The second kappa shape index (κ2) is 53.5. The van der Waals surface area contributed by atoms with Crippen LogP contribution in [0.3, 0.4) is 0 Å². The van der Waals surface area contributed by atoms with Gasteiger partial charge in [0.1, 0.15) is 35.4 Å². The summed E-state index contributed by atoms with van der Waals surface area (Å²) in [7, 11) is 2.55. The third-order valence-electron chi connectivity index (χ3n) is 20.7. The summed E-state index contributed by atoms with van der Waals surface area (Å²) in [6, 6.07) is 71.3. The molecule has 126 heavy (non-hydrogen) atoms. The number of benzene rings is 10. The Balaban J connectivity index is 0.000000210. The number of hydrogen-bond donors (Lipinski definition) is 6. The van der Waals surface area contributed by atoms with Gasteiger partial charge >= 0.3 is 66.6 Å². The maximum atomic E-state index is 12.3. The summed E-state index contributed by atoms with van der Waals surface area (Å²) >= 11 is 6.50. The Morgan fingerprint density at radius 1 is 0.413 bits per heavy atom. The smallest absolute Gasteiger partial charge is 0.870 e. The van der Waals surface area contributed by atoms with Gasteiger partial charge in [0.05, 0.1) is 130 Å². The van der Waals surface area contributed by atoms with Crippen LogP contribution in [0, 0.1) is 45.3 Å². The van der Waals surface area contributed by atoms with Crippen LogP contribution in [0.2, 0.25) is 0 Å². The van der Waals surface area contributed by atoms with Gasteiger partial charge in [0, 0.05) is 22.4 Å². The standard InChI is InChI=1S/C26H24N2O3.C20H19NO3.C19H17NO3.C13H15BrO3.C8H7BrO3.C7H6BNO2.C5H10O.Na.H2O/c27-17-20-9-6-10-21(15-20)24-16-22(13-14-25(24)31-23-11-4-5-12-23)28-26(29)30-18-19-7-2-1-3-8-19;1-23-20(22)16-9-10-19(24-17-7-2-3-8-17)18(12-16)15-6-4-5-14(11-15)13-21;20-12-13-4-3-5-14(10-13)17-11-15(19(21)22)8-9-18(17)23-16-6-1-2-7-16;1-16-13(15)9-6-7-12(11(14)8-9)17-10-4-2-3-5-10;1-12-8(11)5-2-3-7(10)6(9)4-5;9-5-6-2-1-3-7(4-6)8(10)11;6-5-3-1-2-4-5;;/h1-3,6-10,13-16,23H,4-5,11-12,18H2,(H,28,29);4-6,9-12,17H,2-3,7-8H2,1H3;3-5,8-11,16H,1-2,6-7H2,(H,21,22);6-8,10H,2-5H2,1H3;2-4,10H,1H3;1-4,10-11H;5-6H,1-4H2;;1H2/q;;;;;;;+1;/p-1. The Labute approximate surface area is 773 Å². The number of carboxylic acids is 1. The van der Waals surface area contributed by atoms with Crippen LogP contribution in [0.4, 0.5) is 10.5 Å². The van der Waals surface area contributed by atoms with E-state index in [1.807, 2.05) is 103 Å². The molecular weight excluding hydrogens is 1740 g/mol. The number of phenols is 1. The van der Waals surface area contributed by atoms with Crippen molar-refractivity contribution in [3.8, 4) is 86.4 Å². The van der Waals surface area contributed by atoms with Gasteiger partial charge in [-0.2, -0.15) is 21.0 Å². The number of amides is 1. The first-order valence-corrected chi connectivity index (χ1v) is 42.6. The number of esters is 3. The van der Waals surface area contributed by atoms with E-state index in [4.69, 9.17) is 64.5 Å². The van der Waals surface area contributed by atoms with Crippen LogP contribution in [0.15, 0.2) is 227 Å². The van der Waals surface area contributed by atoms with Crippen LogP contribution < -0.4 is 59.3 Å². The number of phenolic OH excluding ortho intramolecular Hbond substituents is 1. The number of hydrogen-bond acceptors (Lipinski definition) is 22. The van der Waals surface area contributed by atoms with Crippen molar-refractivity contribution in [2.75, 3.05) is 26.6 Å². The normalized spacial score (nSPS) is 13.7. The minimum Gasteiger partial charge on any atom is -0.870 e. The number of carboxylic acid groups (broad SMARTS) is 1. The molecule has 28 heteroatoms. The largest absolute Gasteiger partial charge is 1.00 e. The third-order valence-corrected chi connectivity index (χ3v) is 22.0. The number of nitrogens with one attached hydrogen (secondary N) is 1. The van der Waals surface area contributed by atoms with E-state index < -0.39 is 25.2 Å². The Kier molecular flexibility index (Phi) is 43.0. The summed E-state index contributed by atoms with van der Waals surface area (Å²) in [5.74, 6) is 0.947. The van der Waals surface area contributed by atoms with E-state index in [-0.39, 0.29) is 89.3 Å². The number of aliphatic hydroxyl groups excluding tert-OH is 1. The number of halogens is 2. The molecule has 7 N–H and O–H groups in total. The predicted molar refractivity (Wildman–Crippen MR) is 480 cm³/mol. The topological polar surface area (TPSA) is 398 Å². The molecule has 0 spiro atoms. The number of carbonyl (C=O) groups excluding carboxylic acids is 4. The third kappa shape index (κ3) is 32.3. The molecule has 0 bridgehead atoms. The Hall–Kier alpha value is -11.8. The Morgan fingerprint density at radius 2 is 0.762 bits per heavy atom. The molecule has 0 saturated heterocycles. The molecule has 15 rings (SSSR count). The quantitative estimate of drug-likeness (QED) is 0.0249. The average molecular weight is 1840 g/mol. The molecule has 10 aromatic carbocycles. The Bertz CT molecular complexity index is 5420. The Morgan fingerprint density at radius 3 is 1.14 bits per heavy atom. The van der Waals surface area contributed by atoms with Crippen molar-refractivity contribution in [3.63, 3.8) is 0 Å². The summed E-state index contributed by atoms with van der Waals surface area (Å²) in [6.45, 7) is 0.201. The van der Waals surface area contributed by atoms with E-state index in [1.165, 1.54) is 97.0 Å². The van der Waals surface area contributed by atoms with E-state index in [0.717, 1.165) is 132 Å². The number of methoxy groups -OCH3 is 3. The number of anilines is 1. The van der Waals surface area contributed by atoms with Gasteiger partial charge in [0.25, 0.3) is 0 Å². The molecule has 5 aliphatic carbocycles. The summed E-state index contributed by atoms with van der Waals surface area (Å²) in [5.41, 5.74) is 10.5. The molecule has 0 atom stereocenters. The summed E-state index contributed by atoms with van der Waals surface area (Å²) in [4.78, 5) is 57.7. The van der Waals surface area contributed by atoms with Gasteiger partial charge in [-0.1, -0.05) is 91.7 Å². The zero-order valence-corrected chi connectivity index (χ0v) is 75.8. The molecule has 648 valence electrons. The first kappa shape index (κ1) is 101. The fourth-order valence-electron chi connectivity index (χ4n) is 14.2. The molecule has 5 fully saturated rings. The second-order valence-electron chi connectivity index (χ2n) is 29.6. The monoisotopic (exact) mass is 1840 g/mol. The maximum Gasteiger partial charge on any atom is 1.00 e. The fourth-order valence-corrected chi connectivity index (χ4v) is 15.0. The van der Waals surface area contributed by atoms with Crippen molar-refractivity contribution in [2.45, 2.75) is 166 Å². The van der Waals surface area contributed by atoms with E-state index in [1.54, 1.807) is 97.1 Å². The van der Waals surface area contributed by atoms with Crippen LogP contribution in [0.1, 0.15) is 198 Å². The summed E-state index contributed by atoms with van der Waals surface area (Å²) in [6.07, 6.45) is 23.0. The van der Waals surface area contributed by atoms with Crippen LogP contribution in [0.5, 0.6) is 28.7 Å². The number of carbonyl (C=O) groups is 5. The number of ether oxygens (including phenoxy) is 8. The molecule has 0 unspecified atom stereocenters. The molecule has 0 aliphatic heterocycles. The van der Waals surface area contributed by atoms with Crippen molar-refractivity contribution in [3.05, 3.63) is 277 Å². The molecule has 5 aliphatic rings. The summed E-state index contributed by atoms with van der Waals surface area (Å²) in [5, 5.41) is 83.2. The molecule has 0 radical (unpaired) electrons. The van der Waals surface area contributed by atoms with E-state index >= 15 is 0 Å². The van der Waals surface area contributed by atoms with Crippen molar-refractivity contribution in [1.82, 2.24) is 0 Å². The number of aromatic hydroxyl groups is 1. The number of nitriles is 4. The van der Waals surface area contributed by atoms with Crippen molar-refractivity contribution in [1.29, 1.82) is 21.0 Å². The predicted octanol–water partition coefficient (Wildman–Crippen LogP) is 17.4. The molecule has 0 aromatic heterocycles. The van der Waals surface area contributed by atoms with Gasteiger partial charge in [-0.25, -0.2) is 24.0 Å². The second-order valence-corrected chi connectivity index (χ2v) is 31.3. The summed E-state index contributed by atoms with van der Waals surface area (Å²) < 4.78 is 45.0. The number of nitrogens with zero attached hydrogens (tertiary/aromatic N) is 4. The first-order chi connectivity index (χ1) is 60.1. The number of aliphatic hydroxyl groups is 1. The van der Waals surface area contributed by atoms with E-state index in [0.29, 0.717) is 72.0 Å². The van der Waals surface area contributed by atoms with Crippen LogP contribution >= 0.6 is 31.9 Å². The van der Waals surface area contributed by atoms with Crippen LogP contribution in [0.25, 0.3) is 33.4 Å². The van der Waals surface area contributed by atoms with Crippen LogP contribution in [-0.4, -0.2) is 120 Å². The molecule has 10 aromatic rings. The van der Waals surface area contributed by atoms with Gasteiger partial charge in [0.2, 0.25) is 0 Å². The van der Waals surface area contributed by atoms with Crippen molar-refractivity contribution in [2.24, 2.45) is 0 Å². The minimum absolute atomic E-state index is 0. The van der Waals surface area contributed by atoms with Gasteiger partial charge < -0.3 is 68.7 Å². The average Bonchev–Trinajstić information content (AvgIpc) is 1.39. The number of aromatic carboxylic acids is 1. The maximum absolute atomic E-state index is 12.3. The number of rotatable bonds is 19. The van der Waals surface area contributed by atoms with E-state index in [9.17, 15) is 34.3 Å². The first-order valence-electron chi connectivity index (χ1n) is 41.0.